The highest BCUT2D eigenvalue weighted by Gasteiger charge is 2.18. The molecule has 2 N–H and O–H groups in total. The standard InChI is InChI=1S/C14H24N4OS/c1-11(18-7-3-4-8-18)9-16-14(19)15-6-5-13-10-20-12(2)17-13/h10-11H,3-9H2,1-2H3,(H2,15,16,19). The van der Waals surface area contributed by atoms with E-state index in [1.165, 1.54) is 12.8 Å². The third kappa shape index (κ3) is 4.76. The summed E-state index contributed by atoms with van der Waals surface area (Å²) in [5, 5.41) is 8.94. The fourth-order valence-electron chi connectivity index (χ4n) is 2.44. The van der Waals surface area contributed by atoms with E-state index in [-0.39, 0.29) is 6.03 Å². The first-order chi connectivity index (χ1) is 9.65. The van der Waals surface area contributed by atoms with Crippen molar-refractivity contribution in [3.05, 3.63) is 16.1 Å². The average Bonchev–Trinajstić information content (AvgIpc) is 3.07. The maximum Gasteiger partial charge on any atom is 0.314 e. The van der Waals surface area contributed by atoms with Crippen molar-refractivity contribution >= 4 is 17.4 Å². The minimum atomic E-state index is -0.0806. The van der Waals surface area contributed by atoms with Crippen LogP contribution in [0.1, 0.15) is 30.5 Å². The summed E-state index contributed by atoms with van der Waals surface area (Å²) in [6.07, 6.45) is 3.35. The second-order valence-electron chi connectivity index (χ2n) is 5.34. The Bertz CT molecular complexity index is 429. The summed E-state index contributed by atoms with van der Waals surface area (Å²) in [6, 6.07) is 0.340. The van der Waals surface area contributed by atoms with Crippen molar-refractivity contribution in [3.63, 3.8) is 0 Å². The van der Waals surface area contributed by atoms with Gasteiger partial charge >= 0.3 is 6.03 Å². The first-order valence-corrected chi connectivity index (χ1v) is 8.20. The molecule has 1 atom stereocenters. The van der Waals surface area contributed by atoms with Crippen molar-refractivity contribution in [1.82, 2.24) is 20.5 Å². The van der Waals surface area contributed by atoms with Gasteiger partial charge in [0.1, 0.15) is 0 Å². The van der Waals surface area contributed by atoms with Crippen molar-refractivity contribution in [2.45, 2.75) is 39.2 Å². The monoisotopic (exact) mass is 296 g/mol. The predicted octanol–water partition coefficient (Wildman–Crippen LogP) is 1.78. The van der Waals surface area contributed by atoms with Crippen molar-refractivity contribution in [2.24, 2.45) is 0 Å². The van der Waals surface area contributed by atoms with E-state index in [4.69, 9.17) is 0 Å². The average molecular weight is 296 g/mol. The Hall–Kier alpha value is -1.14. The normalized spacial score (nSPS) is 17.1. The van der Waals surface area contributed by atoms with Gasteiger partial charge in [-0.25, -0.2) is 9.78 Å². The molecular formula is C14H24N4OS. The molecule has 0 saturated carbocycles. The molecule has 1 saturated heterocycles. The zero-order valence-corrected chi connectivity index (χ0v) is 13.1. The molecule has 1 unspecified atom stereocenters. The van der Waals surface area contributed by atoms with Gasteiger partial charge < -0.3 is 10.6 Å². The van der Waals surface area contributed by atoms with Crippen LogP contribution in [-0.4, -0.2) is 48.1 Å². The van der Waals surface area contributed by atoms with E-state index in [1.54, 1.807) is 11.3 Å². The first-order valence-electron chi connectivity index (χ1n) is 7.32. The summed E-state index contributed by atoms with van der Waals surface area (Å²) in [7, 11) is 0. The number of likely N-dealkylation sites (tertiary alicyclic amines) is 1. The Morgan fingerprint density at radius 1 is 1.45 bits per heavy atom. The molecule has 20 heavy (non-hydrogen) atoms. The van der Waals surface area contributed by atoms with Gasteiger partial charge in [0.15, 0.2) is 0 Å². The third-order valence-corrected chi connectivity index (χ3v) is 4.48. The van der Waals surface area contributed by atoms with Gasteiger partial charge in [0, 0.05) is 30.9 Å². The number of carbonyl (C=O) groups is 1. The maximum atomic E-state index is 11.7. The molecule has 0 bridgehead atoms. The molecule has 2 heterocycles. The van der Waals surface area contributed by atoms with Crippen molar-refractivity contribution in [2.75, 3.05) is 26.2 Å². The fraction of sp³-hybridized carbons (Fsp3) is 0.714. The van der Waals surface area contributed by atoms with Crippen LogP contribution < -0.4 is 10.6 Å². The van der Waals surface area contributed by atoms with Crippen LogP contribution in [0.25, 0.3) is 0 Å². The lowest BCUT2D eigenvalue weighted by Crippen LogP contribution is -2.44. The highest BCUT2D eigenvalue weighted by atomic mass is 32.1. The second-order valence-corrected chi connectivity index (χ2v) is 6.40. The van der Waals surface area contributed by atoms with E-state index >= 15 is 0 Å². The minimum Gasteiger partial charge on any atom is -0.338 e. The molecule has 1 fully saturated rings. The lowest BCUT2D eigenvalue weighted by molar-refractivity contribution is 0.226. The Morgan fingerprint density at radius 3 is 2.85 bits per heavy atom. The van der Waals surface area contributed by atoms with E-state index in [0.717, 1.165) is 30.2 Å². The number of carbonyl (C=O) groups excluding carboxylic acids is 1. The van der Waals surface area contributed by atoms with Gasteiger partial charge in [-0.1, -0.05) is 0 Å². The summed E-state index contributed by atoms with van der Waals surface area (Å²) in [4.78, 5) is 18.5. The topological polar surface area (TPSA) is 57.3 Å². The fourth-order valence-corrected chi connectivity index (χ4v) is 3.09. The van der Waals surface area contributed by atoms with E-state index in [0.29, 0.717) is 19.1 Å². The minimum absolute atomic E-state index is 0.0806. The maximum absolute atomic E-state index is 11.7. The molecular weight excluding hydrogens is 272 g/mol. The zero-order valence-electron chi connectivity index (χ0n) is 12.3. The quantitative estimate of drug-likeness (QED) is 0.841. The number of rotatable bonds is 6. The number of urea groups is 1. The van der Waals surface area contributed by atoms with Crippen molar-refractivity contribution < 1.29 is 4.79 Å². The van der Waals surface area contributed by atoms with Gasteiger partial charge in [-0.15, -0.1) is 11.3 Å². The molecule has 0 aromatic carbocycles. The van der Waals surface area contributed by atoms with E-state index in [2.05, 4.69) is 27.4 Å². The molecule has 1 aliphatic heterocycles. The molecule has 1 aliphatic rings. The van der Waals surface area contributed by atoms with Crippen LogP contribution in [0.2, 0.25) is 0 Å². The van der Waals surface area contributed by atoms with E-state index in [9.17, 15) is 4.79 Å². The summed E-state index contributed by atoms with van der Waals surface area (Å²) in [5.74, 6) is 0. The molecule has 2 amide bonds. The summed E-state index contributed by atoms with van der Waals surface area (Å²) >= 11 is 1.65. The van der Waals surface area contributed by atoms with Crippen LogP contribution in [0, 0.1) is 6.92 Å². The van der Waals surface area contributed by atoms with Crippen LogP contribution in [-0.2, 0) is 6.42 Å². The summed E-state index contributed by atoms with van der Waals surface area (Å²) < 4.78 is 0. The summed E-state index contributed by atoms with van der Waals surface area (Å²) in [5.41, 5.74) is 1.05. The number of hydrogen-bond donors (Lipinski definition) is 2. The largest absolute Gasteiger partial charge is 0.338 e. The van der Waals surface area contributed by atoms with Crippen LogP contribution in [0.15, 0.2) is 5.38 Å². The van der Waals surface area contributed by atoms with Crippen LogP contribution >= 0.6 is 11.3 Å². The van der Waals surface area contributed by atoms with E-state index < -0.39 is 0 Å². The van der Waals surface area contributed by atoms with Crippen molar-refractivity contribution in [3.8, 4) is 0 Å². The predicted molar refractivity (Wildman–Crippen MR) is 82.2 cm³/mol. The number of nitrogens with zero attached hydrogens (tertiary/aromatic N) is 2. The number of nitrogens with one attached hydrogen (secondary N) is 2. The van der Waals surface area contributed by atoms with Gasteiger partial charge in [-0.2, -0.15) is 0 Å². The van der Waals surface area contributed by atoms with E-state index in [1.807, 2.05) is 12.3 Å². The molecule has 5 nitrogen and oxygen atoms in total. The Labute approximate surface area is 124 Å². The molecule has 0 spiro atoms. The third-order valence-electron chi connectivity index (χ3n) is 3.66. The van der Waals surface area contributed by atoms with Gasteiger partial charge in [0.25, 0.3) is 0 Å². The number of amides is 2. The lowest BCUT2D eigenvalue weighted by Gasteiger charge is -2.23. The lowest BCUT2D eigenvalue weighted by atomic mass is 10.3. The molecule has 6 heteroatoms. The van der Waals surface area contributed by atoms with Crippen LogP contribution in [0.4, 0.5) is 4.79 Å². The smallest absolute Gasteiger partial charge is 0.314 e. The highest BCUT2D eigenvalue weighted by molar-refractivity contribution is 7.09. The second kappa shape index (κ2) is 7.59. The Kier molecular flexibility index (Phi) is 5.79. The van der Waals surface area contributed by atoms with Crippen molar-refractivity contribution in [1.29, 1.82) is 0 Å². The van der Waals surface area contributed by atoms with Gasteiger partial charge in [0.2, 0.25) is 0 Å². The summed E-state index contributed by atoms with van der Waals surface area (Å²) in [6.45, 7) is 7.83. The molecule has 0 aliphatic carbocycles. The number of hydrogen-bond acceptors (Lipinski definition) is 4. The molecule has 0 radical (unpaired) electrons. The van der Waals surface area contributed by atoms with Gasteiger partial charge in [-0.3, -0.25) is 4.90 Å². The number of aryl methyl sites for hydroxylation is 1. The van der Waals surface area contributed by atoms with Crippen LogP contribution in [0.3, 0.4) is 0 Å². The van der Waals surface area contributed by atoms with Crippen LogP contribution in [0.5, 0.6) is 0 Å². The Balaban J connectivity index is 1.58. The molecule has 1 aromatic rings. The zero-order chi connectivity index (χ0) is 14.4. The molecule has 1 aromatic heterocycles. The number of aromatic nitrogens is 1. The van der Waals surface area contributed by atoms with Gasteiger partial charge in [0.05, 0.1) is 10.7 Å². The highest BCUT2D eigenvalue weighted by Crippen LogP contribution is 2.10. The number of thiazole rings is 1. The van der Waals surface area contributed by atoms with Gasteiger partial charge in [-0.05, 0) is 39.8 Å². The molecule has 112 valence electrons. The first kappa shape index (κ1) is 15.3. The Morgan fingerprint density at radius 2 is 2.20 bits per heavy atom. The SMILES string of the molecule is Cc1nc(CCNC(=O)NCC(C)N2CCCC2)cs1. The molecule has 2 rings (SSSR count).